The first-order valence-electron chi connectivity index (χ1n) is 9.26. The summed E-state index contributed by atoms with van der Waals surface area (Å²) in [7, 11) is 2.86. The fraction of sp³-hybridized carbons (Fsp3) is 0.550. The Morgan fingerprint density at radius 2 is 2.04 bits per heavy atom. The zero-order valence-corrected chi connectivity index (χ0v) is 16.8. The maximum absolute atomic E-state index is 12.5. The molecule has 0 spiro atoms. The number of amides is 2. The van der Waals surface area contributed by atoms with Gasteiger partial charge in [0.25, 0.3) is 0 Å². The lowest BCUT2D eigenvalue weighted by molar-refractivity contribution is -0.147. The molecule has 154 valence electrons. The van der Waals surface area contributed by atoms with Gasteiger partial charge in [0, 0.05) is 6.54 Å². The molecule has 1 aromatic rings. The minimum atomic E-state index is -0.494. The van der Waals surface area contributed by atoms with Crippen molar-refractivity contribution in [3.63, 3.8) is 0 Å². The van der Waals surface area contributed by atoms with Crippen LogP contribution in [0.2, 0.25) is 0 Å². The Labute approximate surface area is 165 Å². The van der Waals surface area contributed by atoms with Gasteiger partial charge in [0.1, 0.15) is 24.7 Å². The summed E-state index contributed by atoms with van der Waals surface area (Å²) in [5.74, 6) is 0.143. The van der Waals surface area contributed by atoms with Gasteiger partial charge in [0.05, 0.1) is 26.7 Å². The molecule has 2 rings (SSSR count). The van der Waals surface area contributed by atoms with Gasteiger partial charge in [-0.05, 0) is 36.1 Å². The SMILES string of the molecule is COC(=O)CN(CC(C)C)C(=O)CNC(=O)[C@@H]1COc2ccc(OC)cc2C1. The highest BCUT2D eigenvalue weighted by atomic mass is 16.5. The third-order valence-electron chi connectivity index (χ3n) is 4.44. The van der Waals surface area contributed by atoms with E-state index in [9.17, 15) is 14.4 Å². The van der Waals surface area contributed by atoms with Gasteiger partial charge in [-0.25, -0.2) is 0 Å². The van der Waals surface area contributed by atoms with Crippen molar-refractivity contribution in [1.82, 2.24) is 10.2 Å². The quantitative estimate of drug-likeness (QED) is 0.664. The van der Waals surface area contributed by atoms with Crippen LogP contribution in [-0.2, 0) is 25.5 Å². The van der Waals surface area contributed by atoms with Crippen LogP contribution < -0.4 is 14.8 Å². The number of ether oxygens (including phenoxy) is 3. The monoisotopic (exact) mass is 392 g/mol. The molecule has 1 heterocycles. The molecule has 0 saturated carbocycles. The predicted octanol–water partition coefficient (Wildman–Crippen LogP) is 1.02. The lowest BCUT2D eigenvalue weighted by Gasteiger charge is -2.26. The van der Waals surface area contributed by atoms with Crippen molar-refractivity contribution in [2.45, 2.75) is 20.3 Å². The molecule has 0 unspecified atom stereocenters. The smallest absolute Gasteiger partial charge is 0.325 e. The van der Waals surface area contributed by atoms with E-state index in [0.29, 0.717) is 18.7 Å². The summed E-state index contributed by atoms with van der Waals surface area (Å²) in [4.78, 5) is 37.9. The van der Waals surface area contributed by atoms with Crippen LogP contribution in [0.15, 0.2) is 18.2 Å². The molecule has 2 amide bonds. The molecular formula is C20H28N2O6. The van der Waals surface area contributed by atoms with Crippen molar-refractivity contribution in [3.05, 3.63) is 23.8 Å². The Morgan fingerprint density at radius 1 is 1.29 bits per heavy atom. The van der Waals surface area contributed by atoms with Crippen LogP contribution in [0.1, 0.15) is 19.4 Å². The summed E-state index contributed by atoms with van der Waals surface area (Å²) in [6.07, 6.45) is 0.504. The Morgan fingerprint density at radius 3 is 2.68 bits per heavy atom. The second-order valence-electron chi connectivity index (χ2n) is 7.15. The molecule has 0 radical (unpaired) electrons. The van der Waals surface area contributed by atoms with Gasteiger partial charge in [-0.3, -0.25) is 14.4 Å². The van der Waals surface area contributed by atoms with Crippen molar-refractivity contribution in [2.24, 2.45) is 11.8 Å². The Bertz CT molecular complexity index is 719. The molecule has 1 aliphatic rings. The highest BCUT2D eigenvalue weighted by molar-refractivity contribution is 5.88. The molecule has 0 aromatic heterocycles. The maximum atomic E-state index is 12.5. The van der Waals surface area contributed by atoms with Crippen molar-refractivity contribution in [3.8, 4) is 11.5 Å². The summed E-state index contributed by atoms with van der Waals surface area (Å²) < 4.78 is 15.5. The molecule has 1 aliphatic heterocycles. The summed E-state index contributed by atoms with van der Waals surface area (Å²) in [5.41, 5.74) is 0.893. The van der Waals surface area contributed by atoms with Crippen molar-refractivity contribution < 1.29 is 28.6 Å². The van der Waals surface area contributed by atoms with E-state index < -0.39 is 11.9 Å². The van der Waals surface area contributed by atoms with Crippen LogP contribution in [0.25, 0.3) is 0 Å². The fourth-order valence-corrected chi connectivity index (χ4v) is 3.00. The first-order chi connectivity index (χ1) is 13.3. The Hall–Kier alpha value is -2.77. The third-order valence-corrected chi connectivity index (χ3v) is 4.44. The van der Waals surface area contributed by atoms with Crippen LogP contribution >= 0.6 is 0 Å². The minimum Gasteiger partial charge on any atom is -0.497 e. The number of esters is 1. The minimum absolute atomic E-state index is 0.136. The zero-order chi connectivity index (χ0) is 20.7. The van der Waals surface area contributed by atoms with E-state index in [1.165, 1.54) is 12.0 Å². The number of rotatable bonds is 8. The third kappa shape index (κ3) is 5.87. The summed E-state index contributed by atoms with van der Waals surface area (Å²) in [6.45, 7) is 4.23. The van der Waals surface area contributed by atoms with E-state index in [0.717, 1.165) is 11.3 Å². The summed E-state index contributed by atoms with van der Waals surface area (Å²) in [5, 5.41) is 2.66. The molecule has 0 saturated heterocycles. The molecule has 0 bridgehead atoms. The van der Waals surface area contributed by atoms with Gasteiger partial charge in [0.15, 0.2) is 0 Å². The first kappa shape index (κ1) is 21.5. The molecule has 1 aromatic carbocycles. The topological polar surface area (TPSA) is 94.2 Å². The second-order valence-corrected chi connectivity index (χ2v) is 7.15. The number of carbonyl (C=O) groups is 3. The molecule has 8 nitrogen and oxygen atoms in total. The molecule has 1 atom stereocenters. The lowest BCUT2D eigenvalue weighted by Crippen LogP contribution is -2.46. The molecule has 0 fully saturated rings. The van der Waals surface area contributed by atoms with Crippen LogP contribution in [0.4, 0.5) is 0 Å². The van der Waals surface area contributed by atoms with Crippen molar-refractivity contribution in [2.75, 3.05) is 40.5 Å². The van der Waals surface area contributed by atoms with Gasteiger partial charge < -0.3 is 24.4 Å². The number of nitrogens with zero attached hydrogens (tertiary/aromatic N) is 1. The predicted molar refractivity (Wildman–Crippen MR) is 102 cm³/mol. The number of carbonyl (C=O) groups excluding carboxylic acids is 3. The largest absolute Gasteiger partial charge is 0.497 e. The Balaban J connectivity index is 1.92. The van der Waals surface area contributed by atoms with E-state index in [4.69, 9.17) is 9.47 Å². The van der Waals surface area contributed by atoms with E-state index in [1.54, 1.807) is 7.11 Å². The molecule has 28 heavy (non-hydrogen) atoms. The summed E-state index contributed by atoms with van der Waals surface area (Å²) in [6, 6.07) is 5.48. The van der Waals surface area contributed by atoms with Gasteiger partial charge >= 0.3 is 5.97 Å². The number of hydrogen-bond acceptors (Lipinski definition) is 6. The average Bonchev–Trinajstić information content (AvgIpc) is 2.69. The van der Waals surface area contributed by atoms with Gasteiger partial charge in [0.2, 0.25) is 11.8 Å². The number of benzene rings is 1. The lowest BCUT2D eigenvalue weighted by atomic mass is 9.96. The number of fused-ring (bicyclic) bond motifs is 1. The number of methoxy groups -OCH3 is 2. The highest BCUT2D eigenvalue weighted by Gasteiger charge is 2.27. The maximum Gasteiger partial charge on any atom is 0.325 e. The number of hydrogen-bond donors (Lipinski definition) is 1. The van der Waals surface area contributed by atoms with E-state index >= 15 is 0 Å². The first-order valence-corrected chi connectivity index (χ1v) is 9.26. The van der Waals surface area contributed by atoms with Gasteiger partial charge in [-0.2, -0.15) is 0 Å². The average molecular weight is 392 g/mol. The van der Waals surface area contributed by atoms with Gasteiger partial charge in [-0.1, -0.05) is 13.8 Å². The van der Waals surface area contributed by atoms with Crippen LogP contribution in [0.5, 0.6) is 11.5 Å². The van der Waals surface area contributed by atoms with Crippen LogP contribution in [0, 0.1) is 11.8 Å². The van der Waals surface area contributed by atoms with E-state index in [-0.39, 0.29) is 37.4 Å². The molecule has 0 aliphatic carbocycles. The summed E-state index contributed by atoms with van der Waals surface area (Å²) >= 11 is 0. The van der Waals surface area contributed by atoms with Crippen LogP contribution in [0.3, 0.4) is 0 Å². The molecule has 8 heteroatoms. The normalized spacial score (nSPS) is 15.2. The van der Waals surface area contributed by atoms with E-state index in [1.807, 2.05) is 32.0 Å². The Kier molecular flexibility index (Phi) is 7.66. The van der Waals surface area contributed by atoms with Crippen LogP contribution in [-0.4, -0.2) is 63.1 Å². The standard InChI is InChI=1S/C20H28N2O6/c1-13(2)10-22(11-19(24)27-4)18(23)9-21-20(25)15-7-14-8-16(26-3)5-6-17(14)28-12-15/h5-6,8,13,15H,7,9-12H2,1-4H3,(H,21,25)/t15-/m0/s1. The van der Waals surface area contributed by atoms with Crippen molar-refractivity contribution in [1.29, 1.82) is 0 Å². The van der Waals surface area contributed by atoms with Crippen molar-refractivity contribution >= 4 is 17.8 Å². The second kappa shape index (κ2) is 9.96. The highest BCUT2D eigenvalue weighted by Crippen LogP contribution is 2.30. The zero-order valence-electron chi connectivity index (χ0n) is 16.8. The number of nitrogens with one attached hydrogen (secondary N) is 1. The molecular weight excluding hydrogens is 364 g/mol. The van der Waals surface area contributed by atoms with E-state index in [2.05, 4.69) is 10.1 Å². The fourth-order valence-electron chi connectivity index (χ4n) is 3.00. The molecule has 1 N–H and O–H groups in total. The van der Waals surface area contributed by atoms with Gasteiger partial charge in [-0.15, -0.1) is 0 Å².